The van der Waals surface area contributed by atoms with Crippen LogP contribution in [0.4, 0.5) is 0 Å². The number of rotatable bonds is 2. The molecule has 4 heteroatoms. The van der Waals surface area contributed by atoms with Crippen molar-refractivity contribution in [1.29, 1.82) is 5.26 Å². The summed E-state index contributed by atoms with van der Waals surface area (Å²) in [6.45, 7) is 0. The molecule has 1 aliphatic carbocycles. The maximum Gasteiger partial charge on any atom is 0.234 e. The number of aliphatic hydroxyl groups excluding tert-OH is 1. The third-order valence-corrected chi connectivity index (χ3v) is 2.57. The van der Waals surface area contributed by atoms with Gasteiger partial charge in [0.2, 0.25) is 5.91 Å². The first-order valence-corrected chi connectivity index (χ1v) is 5.08. The second-order valence-electron chi connectivity index (χ2n) is 3.71. The molecule has 0 heterocycles. The number of nitrogens with zero attached hydrogens (tertiary/aromatic N) is 1. The molecule has 78 valence electrons. The van der Waals surface area contributed by atoms with Gasteiger partial charge in [-0.1, -0.05) is 19.3 Å². The second-order valence-corrected chi connectivity index (χ2v) is 3.71. The SMILES string of the molecule is N#CCC(=O)NC1CCCCCC1O. The van der Waals surface area contributed by atoms with Gasteiger partial charge in [-0.2, -0.15) is 5.26 Å². The highest BCUT2D eigenvalue weighted by Crippen LogP contribution is 2.17. The van der Waals surface area contributed by atoms with E-state index in [9.17, 15) is 9.90 Å². The zero-order valence-electron chi connectivity index (χ0n) is 8.20. The summed E-state index contributed by atoms with van der Waals surface area (Å²) in [5.41, 5.74) is 0. The normalized spacial score (nSPS) is 27.4. The van der Waals surface area contributed by atoms with E-state index in [1.807, 2.05) is 0 Å². The second kappa shape index (κ2) is 5.61. The van der Waals surface area contributed by atoms with Crippen LogP contribution in [0.2, 0.25) is 0 Å². The highest BCUT2D eigenvalue weighted by Gasteiger charge is 2.22. The fourth-order valence-corrected chi connectivity index (χ4v) is 1.79. The summed E-state index contributed by atoms with van der Waals surface area (Å²) in [7, 11) is 0. The summed E-state index contributed by atoms with van der Waals surface area (Å²) in [5.74, 6) is -0.279. The van der Waals surface area contributed by atoms with Gasteiger partial charge in [0.05, 0.1) is 18.2 Å². The van der Waals surface area contributed by atoms with Crippen LogP contribution in [0.25, 0.3) is 0 Å². The number of amides is 1. The van der Waals surface area contributed by atoms with E-state index in [0.29, 0.717) is 0 Å². The zero-order valence-corrected chi connectivity index (χ0v) is 8.20. The molecular weight excluding hydrogens is 180 g/mol. The summed E-state index contributed by atoms with van der Waals surface area (Å²) in [5, 5.41) is 20.7. The van der Waals surface area contributed by atoms with Crippen molar-refractivity contribution in [3.05, 3.63) is 0 Å². The van der Waals surface area contributed by atoms with Crippen LogP contribution in [0.5, 0.6) is 0 Å². The van der Waals surface area contributed by atoms with Crippen LogP contribution in [0.15, 0.2) is 0 Å². The molecule has 0 aromatic carbocycles. The third kappa shape index (κ3) is 3.35. The molecule has 0 bridgehead atoms. The molecule has 1 aliphatic rings. The van der Waals surface area contributed by atoms with Crippen LogP contribution in [-0.4, -0.2) is 23.2 Å². The Balaban J connectivity index is 2.40. The molecule has 0 radical (unpaired) electrons. The standard InChI is InChI=1S/C10H16N2O2/c11-7-6-10(14)12-8-4-2-1-3-5-9(8)13/h8-9,13H,1-6H2,(H,12,14). The topological polar surface area (TPSA) is 73.1 Å². The van der Waals surface area contributed by atoms with Crippen LogP contribution < -0.4 is 5.32 Å². The minimum absolute atomic E-state index is 0.122. The molecule has 2 N–H and O–H groups in total. The number of hydrogen-bond donors (Lipinski definition) is 2. The number of nitrogens with one attached hydrogen (secondary N) is 1. The van der Waals surface area contributed by atoms with Gasteiger partial charge in [-0.15, -0.1) is 0 Å². The summed E-state index contributed by atoms with van der Waals surface area (Å²) < 4.78 is 0. The van der Waals surface area contributed by atoms with Gasteiger partial charge in [-0.25, -0.2) is 0 Å². The van der Waals surface area contributed by atoms with Gasteiger partial charge in [-0.3, -0.25) is 4.79 Å². The lowest BCUT2D eigenvalue weighted by Gasteiger charge is -2.20. The molecule has 4 nitrogen and oxygen atoms in total. The Kier molecular flexibility index (Phi) is 4.41. The summed E-state index contributed by atoms with van der Waals surface area (Å²) in [6, 6.07) is 1.64. The van der Waals surface area contributed by atoms with E-state index in [1.165, 1.54) is 0 Å². The quantitative estimate of drug-likeness (QED) is 0.639. The van der Waals surface area contributed by atoms with Gasteiger partial charge in [0.1, 0.15) is 6.42 Å². The molecule has 1 fully saturated rings. The van der Waals surface area contributed by atoms with E-state index < -0.39 is 6.10 Å². The van der Waals surface area contributed by atoms with Crippen LogP contribution in [0, 0.1) is 11.3 Å². The Morgan fingerprint density at radius 2 is 2.14 bits per heavy atom. The Bertz CT molecular complexity index is 235. The first-order valence-electron chi connectivity index (χ1n) is 5.08. The van der Waals surface area contributed by atoms with Gasteiger partial charge in [0, 0.05) is 0 Å². The average Bonchev–Trinajstić information content (AvgIpc) is 2.33. The predicted molar refractivity (Wildman–Crippen MR) is 51.3 cm³/mol. The van der Waals surface area contributed by atoms with Gasteiger partial charge in [0.25, 0.3) is 0 Å². The van der Waals surface area contributed by atoms with E-state index in [1.54, 1.807) is 6.07 Å². The van der Waals surface area contributed by atoms with Crippen molar-refractivity contribution in [3.63, 3.8) is 0 Å². The van der Waals surface area contributed by atoms with E-state index >= 15 is 0 Å². The smallest absolute Gasteiger partial charge is 0.234 e. The Labute approximate surface area is 83.9 Å². The van der Waals surface area contributed by atoms with Crippen molar-refractivity contribution in [2.45, 2.75) is 50.7 Å². The zero-order chi connectivity index (χ0) is 10.4. The lowest BCUT2D eigenvalue weighted by Crippen LogP contribution is -2.42. The third-order valence-electron chi connectivity index (χ3n) is 2.57. The fraction of sp³-hybridized carbons (Fsp3) is 0.800. The van der Waals surface area contributed by atoms with Crippen molar-refractivity contribution in [2.75, 3.05) is 0 Å². The number of carbonyl (C=O) groups is 1. The van der Waals surface area contributed by atoms with Gasteiger partial charge in [0.15, 0.2) is 0 Å². The van der Waals surface area contributed by atoms with Crippen LogP contribution in [0.1, 0.15) is 38.5 Å². The molecule has 1 amide bonds. The lowest BCUT2D eigenvalue weighted by atomic mass is 10.1. The number of nitriles is 1. The molecule has 14 heavy (non-hydrogen) atoms. The molecule has 0 aromatic rings. The molecule has 1 saturated carbocycles. The van der Waals surface area contributed by atoms with E-state index in [2.05, 4.69) is 5.32 Å². The van der Waals surface area contributed by atoms with Gasteiger partial charge in [-0.05, 0) is 12.8 Å². The van der Waals surface area contributed by atoms with Crippen molar-refractivity contribution >= 4 is 5.91 Å². The van der Waals surface area contributed by atoms with Crippen LogP contribution in [0.3, 0.4) is 0 Å². The highest BCUT2D eigenvalue weighted by atomic mass is 16.3. The first kappa shape index (κ1) is 11.0. The molecule has 0 saturated heterocycles. The Morgan fingerprint density at radius 1 is 1.43 bits per heavy atom. The van der Waals surface area contributed by atoms with E-state index in [-0.39, 0.29) is 18.4 Å². The van der Waals surface area contributed by atoms with Crippen molar-refractivity contribution in [1.82, 2.24) is 5.32 Å². The van der Waals surface area contributed by atoms with Crippen LogP contribution in [-0.2, 0) is 4.79 Å². The van der Waals surface area contributed by atoms with Gasteiger partial charge >= 0.3 is 0 Å². The van der Waals surface area contributed by atoms with Crippen molar-refractivity contribution in [3.8, 4) is 6.07 Å². The number of hydrogen-bond acceptors (Lipinski definition) is 3. The molecule has 0 spiro atoms. The van der Waals surface area contributed by atoms with Gasteiger partial charge < -0.3 is 10.4 Å². The fourth-order valence-electron chi connectivity index (χ4n) is 1.79. The van der Waals surface area contributed by atoms with Crippen molar-refractivity contribution < 1.29 is 9.90 Å². The molecular formula is C10H16N2O2. The van der Waals surface area contributed by atoms with Crippen LogP contribution >= 0.6 is 0 Å². The average molecular weight is 196 g/mol. The first-order chi connectivity index (χ1) is 6.74. The lowest BCUT2D eigenvalue weighted by molar-refractivity contribution is -0.121. The van der Waals surface area contributed by atoms with Crippen molar-refractivity contribution in [2.24, 2.45) is 0 Å². The maximum absolute atomic E-state index is 11.1. The minimum Gasteiger partial charge on any atom is -0.391 e. The molecule has 2 atom stereocenters. The minimum atomic E-state index is -0.444. The van der Waals surface area contributed by atoms with E-state index in [4.69, 9.17) is 5.26 Å². The molecule has 0 aliphatic heterocycles. The van der Waals surface area contributed by atoms with E-state index in [0.717, 1.165) is 32.1 Å². The number of carbonyl (C=O) groups excluding carboxylic acids is 1. The summed E-state index contributed by atoms with van der Waals surface area (Å²) in [4.78, 5) is 11.1. The molecule has 1 rings (SSSR count). The predicted octanol–water partition coefficient (Wildman–Crippen LogP) is 0.710. The monoisotopic (exact) mass is 196 g/mol. The molecule has 0 aromatic heterocycles. The largest absolute Gasteiger partial charge is 0.391 e. The molecule has 2 unspecified atom stereocenters. The maximum atomic E-state index is 11.1. The Hall–Kier alpha value is -1.08. The summed E-state index contributed by atoms with van der Waals surface area (Å²) in [6.07, 6.45) is 4.17. The summed E-state index contributed by atoms with van der Waals surface area (Å²) >= 11 is 0. The Morgan fingerprint density at radius 3 is 2.86 bits per heavy atom. The number of aliphatic hydroxyl groups is 1. The highest BCUT2D eigenvalue weighted by molar-refractivity contribution is 5.78.